The summed E-state index contributed by atoms with van der Waals surface area (Å²) >= 11 is 0. The van der Waals surface area contributed by atoms with Crippen molar-refractivity contribution in [3.63, 3.8) is 0 Å². The number of isocyanates is 1. The molecule has 0 amide bonds. The fourth-order valence-electron chi connectivity index (χ4n) is 2.79. The maximum atomic E-state index is 10.4. The first-order valence-electron chi connectivity index (χ1n) is 6.51. The van der Waals surface area contributed by atoms with E-state index >= 15 is 0 Å². The van der Waals surface area contributed by atoms with Gasteiger partial charge in [-0.1, -0.05) is 0 Å². The number of carbonyl (C=O) groups excluding carboxylic acids is 1. The van der Waals surface area contributed by atoms with Crippen molar-refractivity contribution in [2.24, 2.45) is 4.99 Å². The summed E-state index contributed by atoms with van der Waals surface area (Å²) < 4.78 is 11.3. The quantitative estimate of drug-likeness (QED) is 0.652. The number of hydrogen-bond acceptors (Lipinski definition) is 5. The Labute approximate surface area is 110 Å². The molecule has 0 fully saturated rings. The lowest BCUT2D eigenvalue weighted by molar-refractivity contribution is 0.253. The smallest absolute Gasteiger partial charge is 0.235 e. The molecule has 2 aliphatic heterocycles. The van der Waals surface area contributed by atoms with Gasteiger partial charge in [-0.15, -0.1) is 0 Å². The van der Waals surface area contributed by atoms with E-state index < -0.39 is 0 Å². The van der Waals surface area contributed by atoms with E-state index in [9.17, 15) is 9.90 Å². The van der Waals surface area contributed by atoms with Crippen LogP contribution in [0.1, 0.15) is 29.5 Å². The highest BCUT2D eigenvalue weighted by Crippen LogP contribution is 2.47. The van der Waals surface area contributed by atoms with E-state index in [0.29, 0.717) is 24.7 Å². The molecule has 1 aromatic rings. The SMILES string of the molecule is O=C=NCc1c2c(c(O)c3c1OCCC3)OCCC2. The van der Waals surface area contributed by atoms with E-state index in [1.165, 1.54) is 0 Å². The Kier molecular flexibility index (Phi) is 3.13. The van der Waals surface area contributed by atoms with Gasteiger partial charge in [0.05, 0.1) is 19.8 Å². The third-order valence-electron chi connectivity index (χ3n) is 3.62. The van der Waals surface area contributed by atoms with Crippen LogP contribution in [-0.2, 0) is 24.2 Å². The molecule has 3 rings (SSSR count). The van der Waals surface area contributed by atoms with Crippen LogP contribution in [0.15, 0.2) is 4.99 Å². The van der Waals surface area contributed by atoms with Crippen LogP contribution < -0.4 is 9.47 Å². The summed E-state index contributed by atoms with van der Waals surface area (Å²) in [6.45, 7) is 1.47. The molecule has 0 unspecified atom stereocenters. The second kappa shape index (κ2) is 4.94. The van der Waals surface area contributed by atoms with Crippen molar-refractivity contribution in [3.8, 4) is 17.2 Å². The summed E-state index contributed by atoms with van der Waals surface area (Å²) in [5.41, 5.74) is 2.57. The lowest BCUT2D eigenvalue weighted by Crippen LogP contribution is -2.17. The summed E-state index contributed by atoms with van der Waals surface area (Å²) in [4.78, 5) is 14.0. The molecule has 1 aromatic carbocycles. The van der Waals surface area contributed by atoms with E-state index in [1.54, 1.807) is 6.08 Å². The summed E-state index contributed by atoms with van der Waals surface area (Å²) in [6.07, 6.45) is 4.89. The van der Waals surface area contributed by atoms with Crippen molar-refractivity contribution in [3.05, 3.63) is 16.7 Å². The van der Waals surface area contributed by atoms with Gasteiger partial charge in [-0.3, -0.25) is 0 Å². The molecule has 0 aliphatic carbocycles. The fourth-order valence-corrected chi connectivity index (χ4v) is 2.79. The molecule has 0 aromatic heterocycles. The summed E-state index contributed by atoms with van der Waals surface area (Å²) in [6, 6.07) is 0. The molecule has 19 heavy (non-hydrogen) atoms. The van der Waals surface area contributed by atoms with Crippen molar-refractivity contribution in [2.75, 3.05) is 13.2 Å². The number of rotatable bonds is 2. The monoisotopic (exact) mass is 261 g/mol. The highest BCUT2D eigenvalue weighted by Gasteiger charge is 2.28. The van der Waals surface area contributed by atoms with Crippen molar-refractivity contribution >= 4 is 6.08 Å². The molecule has 0 saturated heterocycles. The van der Waals surface area contributed by atoms with Crippen LogP contribution >= 0.6 is 0 Å². The van der Waals surface area contributed by atoms with E-state index in [2.05, 4.69) is 4.99 Å². The number of nitrogens with zero attached hydrogens (tertiary/aromatic N) is 1. The van der Waals surface area contributed by atoms with Crippen LogP contribution in [-0.4, -0.2) is 24.4 Å². The molecular weight excluding hydrogens is 246 g/mol. The maximum Gasteiger partial charge on any atom is 0.235 e. The minimum atomic E-state index is 0.197. The van der Waals surface area contributed by atoms with Gasteiger partial charge in [-0.25, -0.2) is 9.79 Å². The molecule has 0 atom stereocenters. The van der Waals surface area contributed by atoms with Gasteiger partial charge in [0.2, 0.25) is 6.08 Å². The maximum absolute atomic E-state index is 10.4. The summed E-state index contributed by atoms with van der Waals surface area (Å²) in [5.74, 6) is 1.43. The van der Waals surface area contributed by atoms with Gasteiger partial charge in [-0.2, -0.15) is 0 Å². The van der Waals surface area contributed by atoms with Crippen LogP contribution in [0.3, 0.4) is 0 Å². The van der Waals surface area contributed by atoms with Crippen LogP contribution in [0.5, 0.6) is 17.2 Å². The topological polar surface area (TPSA) is 68.1 Å². The largest absolute Gasteiger partial charge is 0.504 e. The van der Waals surface area contributed by atoms with Gasteiger partial charge in [0, 0.05) is 16.7 Å². The first kappa shape index (κ1) is 12.1. The van der Waals surface area contributed by atoms with Gasteiger partial charge in [0.15, 0.2) is 11.5 Å². The lowest BCUT2D eigenvalue weighted by atomic mass is 9.92. The van der Waals surface area contributed by atoms with E-state index in [-0.39, 0.29) is 12.3 Å². The number of hydrogen-bond donors (Lipinski definition) is 1. The molecule has 0 radical (unpaired) electrons. The summed E-state index contributed by atoms with van der Waals surface area (Å²) in [5, 5.41) is 10.3. The van der Waals surface area contributed by atoms with Gasteiger partial charge in [-0.05, 0) is 25.7 Å². The Morgan fingerprint density at radius 3 is 2.53 bits per heavy atom. The van der Waals surface area contributed by atoms with Gasteiger partial charge in [0.25, 0.3) is 0 Å². The zero-order valence-electron chi connectivity index (χ0n) is 10.6. The normalized spacial score (nSPS) is 16.4. The first-order chi connectivity index (χ1) is 9.33. The predicted molar refractivity (Wildman–Crippen MR) is 67.6 cm³/mol. The zero-order chi connectivity index (χ0) is 13.2. The molecule has 2 heterocycles. The molecule has 0 saturated carbocycles. The van der Waals surface area contributed by atoms with Crippen LogP contribution in [0.25, 0.3) is 0 Å². The minimum Gasteiger partial charge on any atom is -0.504 e. The molecule has 100 valence electrons. The Balaban J connectivity index is 2.21. The Morgan fingerprint density at radius 2 is 1.79 bits per heavy atom. The van der Waals surface area contributed by atoms with Gasteiger partial charge < -0.3 is 14.6 Å². The number of ether oxygens (including phenoxy) is 2. The Morgan fingerprint density at radius 1 is 1.11 bits per heavy atom. The van der Waals surface area contributed by atoms with Crippen LogP contribution in [0, 0.1) is 0 Å². The minimum absolute atomic E-state index is 0.197. The van der Waals surface area contributed by atoms with Crippen molar-refractivity contribution in [1.29, 1.82) is 0 Å². The zero-order valence-corrected chi connectivity index (χ0v) is 10.6. The number of phenolic OH excluding ortho intramolecular Hbond substituents is 1. The molecule has 1 N–H and O–H groups in total. The average molecular weight is 261 g/mol. The van der Waals surface area contributed by atoms with Crippen molar-refractivity contribution in [1.82, 2.24) is 0 Å². The third-order valence-corrected chi connectivity index (χ3v) is 3.62. The van der Waals surface area contributed by atoms with E-state index in [4.69, 9.17) is 9.47 Å². The lowest BCUT2D eigenvalue weighted by Gasteiger charge is -2.28. The first-order valence-corrected chi connectivity index (χ1v) is 6.51. The number of aromatic hydroxyl groups is 1. The molecule has 0 spiro atoms. The molecular formula is C14H15NO4. The average Bonchev–Trinajstić information content (AvgIpc) is 2.47. The fraction of sp³-hybridized carbons (Fsp3) is 0.500. The van der Waals surface area contributed by atoms with Crippen molar-refractivity contribution in [2.45, 2.75) is 32.2 Å². The van der Waals surface area contributed by atoms with E-state index in [0.717, 1.165) is 42.4 Å². The Hall–Kier alpha value is -2.00. The number of fused-ring (bicyclic) bond motifs is 2. The number of aliphatic imine (C=N–C) groups is 1. The van der Waals surface area contributed by atoms with Crippen molar-refractivity contribution < 1.29 is 19.4 Å². The van der Waals surface area contributed by atoms with E-state index in [1.807, 2.05) is 0 Å². The second-order valence-corrected chi connectivity index (χ2v) is 4.75. The van der Waals surface area contributed by atoms with Gasteiger partial charge >= 0.3 is 0 Å². The highest BCUT2D eigenvalue weighted by atomic mass is 16.5. The summed E-state index contributed by atoms with van der Waals surface area (Å²) in [7, 11) is 0. The second-order valence-electron chi connectivity index (χ2n) is 4.75. The molecule has 2 aliphatic rings. The number of phenols is 1. The predicted octanol–water partition coefficient (Wildman–Crippen LogP) is 1.88. The highest BCUT2D eigenvalue weighted by molar-refractivity contribution is 5.63. The molecule has 5 heteroatoms. The van der Waals surface area contributed by atoms with Crippen LogP contribution in [0.4, 0.5) is 0 Å². The molecule has 5 nitrogen and oxygen atoms in total. The Bertz CT molecular complexity index is 524. The van der Waals surface area contributed by atoms with Crippen LogP contribution in [0.2, 0.25) is 0 Å². The van der Waals surface area contributed by atoms with Gasteiger partial charge in [0.1, 0.15) is 5.75 Å². The third kappa shape index (κ3) is 1.96. The number of benzene rings is 1. The molecule has 0 bridgehead atoms. The standard InChI is InChI=1S/C14H15NO4/c16-8-15-7-11-9-3-1-6-19-14(9)12(17)10-4-2-5-18-13(10)11/h17H,1-7H2.